The molecule has 1 fully saturated rings. The zero-order chi connectivity index (χ0) is 13.5. The minimum Gasteiger partial charge on any atom is -0.394 e. The summed E-state index contributed by atoms with van der Waals surface area (Å²) in [7, 11) is 0. The van der Waals surface area contributed by atoms with Crippen molar-refractivity contribution in [3.8, 4) is 0 Å². The van der Waals surface area contributed by atoms with E-state index in [0.717, 1.165) is 12.0 Å². The molecule has 1 aromatic rings. The van der Waals surface area contributed by atoms with Gasteiger partial charge in [-0.2, -0.15) is 0 Å². The molecule has 0 aromatic heterocycles. The van der Waals surface area contributed by atoms with Crippen LogP contribution in [0.1, 0.15) is 43.7 Å². The molecule has 2 atom stereocenters. The summed E-state index contributed by atoms with van der Waals surface area (Å²) >= 11 is 0. The van der Waals surface area contributed by atoms with E-state index in [1.165, 1.54) is 25.7 Å². The van der Waals surface area contributed by atoms with Crippen molar-refractivity contribution in [3.63, 3.8) is 0 Å². The molecule has 3 N–H and O–H groups in total. The van der Waals surface area contributed by atoms with Crippen LogP contribution in [-0.4, -0.2) is 29.5 Å². The number of hydrogen-bond donors (Lipinski definition) is 3. The van der Waals surface area contributed by atoms with E-state index >= 15 is 0 Å². The van der Waals surface area contributed by atoms with Crippen molar-refractivity contribution >= 4 is 0 Å². The molecule has 1 aromatic carbocycles. The van der Waals surface area contributed by atoms with Gasteiger partial charge in [0, 0.05) is 6.54 Å². The lowest BCUT2D eigenvalue weighted by molar-refractivity contribution is 0.130. The lowest BCUT2D eigenvalue weighted by Gasteiger charge is -2.21. The number of benzene rings is 1. The average molecular weight is 263 g/mol. The van der Waals surface area contributed by atoms with Gasteiger partial charge < -0.3 is 15.5 Å². The summed E-state index contributed by atoms with van der Waals surface area (Å²) in [5.74, 6) is 0.695. The van der Waals surface area contributed by atoms with Crippen molar-refractivity contribution < 1.29 is 10.2 Å². The summed E-state index contributed by atoms with van der Waals surface area (Å²) in [6.45, 7) is 0.608. The Morgan fingerprint density at radius 3 is 2.47 bits per heavy atom. The molecule has 0 bridgehead atoms. The molecular weight excluding hydrogens is 238 g/mol. The molecule has 1 aliphatic rings. The minimum absolute atomic E-state index is 0.0557. The molecule has 0 radical (unpaired) electrons. The van der Waals surface area contributed by atoms with E-state index in [0.29, 0.717) is 12.5 Å². The highest BCUT2D eigenvalue weighted by Crippen LogP contribution is 2.28. The third-order valence-corrected chi connectivity index (χ3v) is 4.06. The maximum Gasteiger partial charge on any atom is 0.0667 e. The van der Waals surface area contributed by atoms with Gasteiger partial charge in [0.05, 0.1) is 18.8 Å². The molecule has 0 saturated heterocycles. The Morgan fingerprint density at radius 2 is 1.84 bits per heavy atom. The van der Waals surface area contributed by atoms with E-state index in [-0.39, 0.29) is 18.8 Å². The second-order valence-corrected chi connectivity index (χ2v) is 5.59. The summed E-state index contributed by atoms with van der Waals surface area (Å²) in [6, 6.07) is 9.81. The second-order valence-electron chi connectivity index (χ2n) is 5.59. The highest BCUT2D eigenvalue weighted by Gasteiger charge is 2.19. The molecule has 0 heterocycles. The molecule has 3 nitrogen and oxygen atoms in total. The Bertz CT molecular complexity index is 349. The Hall–Kier alpha value is -0.900. The fraction of sp³-hybridized carbons (Fsp3) is 0.625. The Kier molecular flexibility index (Phi) is 5.83. The number of nitrogens with one attached hydrogen (secondary N) is 1. The molecular formula is C16H25NO2. The van der Waals surface area contributed by atoms with E-state index in [1.807, 2.05) is 30.3 Å². The minimum atomic E-state index is -0.305. The maximum atomic E-state index is 10.1. The molecule has 0 amide bonds. The molecule has 3 heteroatoms. The Balaban J connectivity index is 1.76. The van der Waals surface area contributed by atoms with Gasteiger partial charge in [0.1, 0.15) is 0 Å². The first kappa shape index (κ1) is 14.5. The van der Waals surface area contributed by atoms with Crippen LogP contribution in [0.2, 0.25) is 0 Å². The second kappa shape index (κ2) is 7.63. The van der Waals surface area contributed by atoms with Crippen molar-refractivity contribution in [2.45, 2.75) is 44.2 Å². The van der Waals surface area contributed by atoms with Crippen LogP contribution in [0.25, 0.3) is 0 Å². The van der Waals surface area contributed by atoms with E-state index in [4.69, 9.17) is 0 Å². The third-order valence-electron chi connectivity index (χ3n) is 4.06. The van der Waals surface area contributed by atoms with Crippen LogP contribution in [0.15, 0.2) is 30.3 Å². The SMILES string of the molecule is OCC(NCC(O)CC1CCCC1)c1ccccc1. The predicted octanol–water partition coefficient (Wildman–Crippen LogP) is 2.25. The van der Waals surface area contributed by atoms with Gasteiger partial charge >= 0.3 is 0 Å². The van der Waals surface area contributed by atoms with Gasteiger partial charge in [0.2, 0.25) is 0 Å². The molecule has 1 saturated carbocycles. The van der Waals surface area contributed by atoms with Crippen LogP contribution >= 0.6 is 0 Å². The first-order valence-electron chi connectivity index (χ1n) is 7.37. The highest BCUT2D eigenvalue weighted by atomic mass is 16.3. The Labute approximate surface area is 115 Å². The van der Waals surface area contributed by atoms with Gasteiger partial charge in [0.25, 0.3) is 0 Å². The Morgan fingerprint density at radius 1 is 1.16 bits per heavy atom. The van der Waals surface area contributed by atoms with E-state index in [2.05, 4.69) is 5.32 Å². The summed E-state index contributed by atoms with van der Waals surface area (Å²) in [5, 5.41) is 22.7. The van der Waals surface area contributed by atoms with Crippen molar-refractivity contribution in [1.82, 2.24) is 5.32 Å². The topological polar surface area (TPSA) is 52.5 Å². The van der Waals surface area contributed by atoms with E-state index in [1.54, 1.807) is 0 Å². The van der Waals surface area contributed by atoms with Gasteiger partial charge in [-0.3, -0.25) is 0 Å². The molecule has 2 unspecified atom stereocenters. The van der Waals surface area contributed by atoms with Crippen molar-refractivity contribution in [2.24, 2.45) is 5.92 Å². The zero-order valence-electron chi connectivity index (χ0n) is 11.5. The largest absolute Gasteiger partial charge is 0.394 e. The lowest BCUT2D eigenvalue weighted by atomic mass is 9.99. The van der Waals surface area contributed by atoms with E-state index < -0.39 is 0 Å². The number of hydrogen-bond acceptors (Lipinski definition) is 3. The van der Waals surface area contributed by atoms with Gasteiger partial charge in [-0.1, -0.05) is 56.0 Å². The van der Waals surface area contributed by atoms with Crippen LogP contribution in [0, 0.1) is 5.92 Å². The molecule has 106 valence electrons. The molecule has 0 spiro atoms. The lowest BCUT2D eigenvalue weighted by Crippen LogP contribution is -2.33. The van der Waals surface area contributed by atoms with E-state index in [9.17, 15) is 10.2 Å². The summed E-state index contributed by atoms with van der Waals surface area (Å²) in [6.07, 6.45) is 5.74. The van der Waals surface area contributed by atoms with Crippen LogP contribution in [0.5, 0.6) is 0 Å². The highest BCUT2D eigenvalue weighted by molar-refractivity contribution is 5.18. The van der Waals surface area contributed by atoms with Crippen molar-refractivity contribution in [1.29, 1.82) is 0 Å². The van der Waals surface area contributed by atoms with Gasteiger partial charge in [-0.15, -0.1) is 0 Å². The summed E-state index contributed by atoms with van der Waals surface area (Å²) in [4.78, 5) is 0. The van der Waals surface area contributed by atoms with Crippen LogP contribution in [0.3, 0.4) is 0 Å². The number of aliphatic hydroxyl groups excluding tert-OH is 2. The summed E-state index contributed by atoms with van der Waals surface area (Å²) < 4.78 is 0. The first-order chi connectivity index (χ1) is 9.29. The van der Waals surface area contributed by atoms with Gasteiger partial charge in [-0.05, 0) is 17.9 Å². The first-order valence-corrected chi connectivity index (χ1v) is 7.37. The van der Waals surface area contributed by atoms with Crippen LogP contribution in [-0.2, 0) is 0 Å². The zero-order valence-corrected chi connectivity index (χ0v) is 11.5. The molecule has 19 heavy (non-hydrogen) atoms. The number of rotatable bonds is 7. The summed E-state index contributed by atoms with van der Waals surface area (Å²) in [5.41, 5.74) is 1.07. The van der Waals surface area contributed by atoms with Gasteiger partial charge in [-0.25, -0.2) is 0 Å². The van der Waals surface area contributed by atoms with Crippen LogP contribution < -0.4 is 5.32 Å². The standard InChI is InChI=1S/C16H25NO2/c18-12-16(14-8-2-1-3-9-14)17-11-15(19)10-13-6-4-5-7-13/h1-3,8-9,13,15-19H,4-7,10-12H2. The van der Waals surface area contributed by atoms with Crippen LogP contribution in [0.4, 0.5) is 0 Å². The van der Waals surface area contributed by atoms with Crippen molar-refractivity contribution in [2.75, 3.05) is 13.2 Å². The molecule has 2 rings (SSSR count). The molecule has 1 aliphatic carbocycles. The van der Waals surface area contributed by atoms with Gasteiger partial charge in [0.15, 0.2) is 0 Å². The number of aliphatic hydroxyl groups is 2. The predicted molar refractivity (Wildman–Crippen MR) is 76.9 cm³/mol. The monoisotopic (exact) mass is 263 g/mol. The van der Waals surface area contributed by atoms with Crippen molar-refractivity contribution in [3.05, 3.63) is 35.9 Å². The molecule has 0 aliphatic heterocycles. The normalized spacial score (nSPS) is 19.5. The fourth-order valence-electron chi connectivity index (χ4n) is 2.97. The average Bonchev–Trinajstić information content (AvgIpc) is 2.93. The smallest absolute Gasteiger partial charge is 0.0667 e. The third kappa shape index (κ3) is 4.60. The maximum absolute atomic E-state index is 10.1. The quantitative estimate of drug-likeness (QED) is 0.707. The fourth-order valence-corrected chi connectivity index (χ4v) is 2.97.